The van der Waals surface area contributed by atoms with Gasteiger partial charge in [0.05, 0.1) is 19.6 Å². The van der Waals surface area contributed by atoms with E-state index in [1.54, 1.807) is 20.4 Å². The van der Waals surface area contributed by atoms with Gasteiger partial charge in [0.2, 0.25) is 11.9 Å². The maximum atomic E-state index is 12.4. The van der Waals surface area contributed by atoms with E-state index in [1.165, 1.54) is 0 Å². The lowest BCUT2D eigenvalue weighted by molar-refractivity contribution is -0.123. The predicted octanol–water partition coefficient (Wildman–Crippen LogP) is 4.51. The molecule has 2 N–H and O–H groups in total. The lowest BCUT2D eigenvalue weighted by atomic mass is 9.96. The Morgan fingerprint density at radius 2 is 1.71 bits per heavy atom. The molecule has 3 rings (SSSR count). The van der Waals surface area contributed by atoms with Crippen molar-refractivity contribution in [1.82, 2.24) is 15.0 Å². The van der Waals surface area contributed by atoms with Gasteiger partial charge in [-0.05, 0) is 37.6 Å². The number of carbonyl (C=O) groups excluding carboxylic acids is 1. The number of aromatic nitrogens is 3. The number of nitrogens with one attached hydrogen (secondary N) is 2. The van der Waals surface area contributed by atoms with E-state index in [-0.39, 0.29) is 17.9 Å². The van der Waals surface area contributed by atoms with Crippen molar-refractivity contribution in [3.8, 4) is 22.6 Å². The number of hydrogen-bond donors (Lipinski definition) is 2. The van der Waals surface area contributed by atoms with Crippen molar-refractivity contribution in [3.05, 3.63) is 30.5 Å². The fraction of sp³-hybridized carbons (Fsp3) is 0.391. The SMILES string of the molecule is COc1ccc(-c2cnc3nc(NC(=O)C(C)(C)C)nc(NC(C)C)c3c2)cc1OC. The zero-order valence-corrected chi connectivity index (χ0v) is 19.0. The summed E-state index contributed by atoms with van der Waals surface area (Å²) < 4.78 is 10.7. The van der Waals surface area contributed by atoms with Crippen LogP contribution >= 0.6 is 0 Å². The molecule has 2 aromatic heterocycles. The summed E-state index contributed by atoms with van der Waals surface area (Å²) in [7, 11) is 3.21. The van der Waals surface area contributed by atoms with Gasteiger partial charge < -0.3 is 14.8 Å². The molecule has 8 heteroatoms. The molecule has 0 aliphatic carbocycles. The number of carbonyl (C=O) groups is 1. The minimum atomic E-state index is -0.561. The van der Waals surface area contributed by atoms with Crippen molar-refractivity contribution < 1.29 is 14.3 Å². The van der Waals surface area contributed by atoms with Crippen molar-refractivity contribution in [2.24, 2.45) is 5.41 Å². The van der Waals surface area contributed by atoms with Crippen molar-refractivity contribution in [2.45, 2.75) is 40.7 Å². The number of benzene rings is 1. The van der Waals surface area contributed by atoms with Gasteiger partial charge in [-0.25, -0.2) is 4.98 Å². The van der Waals surface area contributed by atoms with Crippen LogP contribution in [0.4, 0.5) is 11.8 Å². The Bertz CT molecular complexity index is 1110. The molecule has 1 amide bonds. The number of ether oxygens (including phenoxy) is 2. The molecule has 1 aromatic carbocycles. The van der Waals surface area contributed by atoms with Gasteiger partial charge >= 0.3 is 0 Å². The second kappa shape index (κ2) is 8.75. The Balaban J connectivity index is 2.09. The first-order valence-electron chi connectivity index (χ1n) is 10.1. The van der Waals surface area contributed by atoms with Crippen molar-refractivity contribution in [3.63, 3.8) is 0 Å². The van der Waals surface area contributed by atoms with Gasteiger partial charge in [0.15, 0.2) is 17.1 Å². The predicted molar refractivity (Wildman–Crippen MR) is 123 cm³/mol. The van der Waals surface area contributed by atoms with Gasteiger partial charge in [0, 0.05) is 23.2 Å². The molecular weight excluding hydrogens is 394 g/mol. The van der Waals surface area contributed by atoms with Crippen LogP contribution in [0.3, 0.4) is 0 Å². The van der Waals surface area contributed by atoms with Gasteiger partial charge in [-0.1, -0.05) is 26.8 Å². The molecule has 2 heterocycles. The van der Waals surface area contributed by atoms with Crippen LogP contribution < -0.4 is 20.1 Å². The topological polar surface area (TPSA) is 98.3 Å². The first-order valence-corrected chi connectivity index (χ1v) is 10.1. The summed E-state index contributed by atoms with van der Waals surface area (Å²) in [5, 5.41) is 6.88. The van der Waals surface area contributed by atoms with Crippen LogP contribution in [0.15, 0.2) is 30.5 Å². The van der Waals surface area contributed by atoms with E-state index in [0.717, 1.165) is 16.5 Å². The van der Waals surface area contributed by atoms with E-state index in [4.69, 9.17) is 9.47 Å². The van der Waals surface area contributed by atoms with Gasteiger partial charge in [0.1, 0.15) is 5.82 Å². The lowest BCUT2D eigenvalue weighted by Crippen LogP contribution is -2.28. The number of nitrogens with zero attached hydrogens (tertiary/aromatic N) is 3. The van der Waals surface area contributed by atoms with Crippen LogP contribution in [0.5, 0.6) is 11.5 Å². The molecule has 0 fully saturated rings. The fourth-order valence-electron chi connectivity index (χ4n) is 2.91. The summed E-state index contributed by atoms with van der Waals surface area (Å²) in [5.41, 5.74) is 1.74. The van der Waals surface area contributed by atoms with Gasteiger partial charge in [0.25, 0.3) is 0 Å². The molecule has 3 aromatic rings. The van der Waals surface area contributed by atoms with E-state index in [1.807, 2.05) is 58.9 Å². The Morgan fingerprint density at radius 3 is 2.32 bits per heavy atom. The highest BCUT2D eigenvalue weighted by Crippen LogP contribution is 2.34. The summed E-state index contributed by atoms with van der Waals surface area (Å²) >= 11 is 0. The summed E-state index contributed by atoms with van der Waals surface area (Å²) in [5.74, 6) is 1.96. The second-order valence-corrected chi connectivity index (χ2v) is 8.56. The standard InChI is InChI=1S/C23H29N5O3/c1-13(2)25-20-16-10-15(14-8-9-17(30-6)18(11-14)31-7)12-24-19(16)26-22(27-20)28-21(29)23(3,4)5/h8-13H,1-7H3,(H2,24,25,26,27,28,29). The molecule has 31 heavy (non-hydrogen) atoms. The third kappa shape index (κ3) is 5.02. The number of amides is 1. The number of hydrogen-bond acceptors (Lipinski definition) is 7. The van der Waals surface area contributed by atoms with E-state index >= 15 is 0 Å². The summed E-state index contributed by atoms with van der Waals surface area (Å²) in [6, 6.07) is 7.81. The highest BCUT2D eigenvalue weighted by molar-refractivity contribution is 5.96. The van der Waals surface area contributed by atoms with Crippen LogP contribution in [-0.2, 0) is 4.79 Å². The Kier molecular flexibility index (Phi) is 6.29. The Hall–Kier alpha value is -3.42. The van der Waals surface area contributed by atoms with E-state index < -0.39 is 5.41 Å². The van der Waals surface area contributed by atoms with E-state index in [2.05, 4.69) is 25.6 Å². The molecule has 0 aliphatic rings. The highest BCUT2D eigenvalue weighted by Gasteiger charge is 2.23. The molecular formula is C23H29N5O3. The van der Waals surface area contributed by atoms with Crippen LogP contribution in [0.2, 0.25) is 0 Å². The van der Waals surface area contributed by atoms with Crippen LogP contribution in [0.25, 0.3) is 22.2 Å². The molecule has 0 saturated carbocycles. The largest absolute Gasteiger partial charge is 0.493 e. The number of rotatable bonds is 6. The molecule has 0 radical (unpaired) electrons. The fourth-order valence-corrected chi connectivity index (χ4v) is 2.91. The number of fused-ring (bicyclic) bond motifs is 1. The molecule has 8 nitrogen and oxygen atoms in total. The summed E-state index contributed by atoms with van der Waals surface area (Å²) in [6.07, 6.45) is 1.74. The minimum absolute atomic E-state index is 0.133. The molecule has 0 saturated heterocycles. The minimum Gasteiger partial charge on any atom is -0.493 e. The zero-order chi connectivity index (χ0) is 22.8. The summed E-state index contributed by atoms with van der Waals surface area (Å²) in [4.78, 5) is 25.9. The molecule has 0 unspecified atom stereocenters. The van der Waals surface area contributed by atoms with Gasteiger partial charge in [-0.3, -0.25) is 10.1 Å². The third-order valence-corrected chi connectivity index (χ3v) is 4.60. The maximum Gasteiger partial charge on any atom is 0.233 e. The molecule has 0 spiro atoms. The van der Waals surface area contributed by atoms with Crippen molar-refractivity contribution in [2.75, 3.05) is 24.9 Å². The number of methoxy groups -OCH3 is 2. The molecule has 0 bridgehead atoms. The second-order valence-electron chi connectivity index (χ2n) is 8.56. The monoisotopic (exact) mass is 423 g/mol. The van der Waals surface area contributed by atoms with Crippen molar-refractivity contribution >= 4 is 28.7 Å². The number of pyridine rings is 1. The Labute approximate surface area is 182 Å². The molecule has 0 atom stereocenters. The average Bonchev–Trinajstić information content (AvgIpc) is 2.71. The maximum absolute atomic E-state index is 12.4. The first kappa shape index (κ1) is 22.3. The average molecular weight is 424 g/mol. The van der Waals surface area contributed by atoms with Crippen LogP contribution in [0.1, 0.15) is 34.6 Å². The zero-order valence-electron chi connectivity index (χ0n) is 19.0. The third-order valence-electron chi connectivity index (χ3n) is 4.60. The molecule has 164 valence electrons. The van der Waals surface area contributed by atoms with Gasteiger partial charge in [-0.15, -0.1) is 0 Å². The normalized spacial score (nSPS) is 11.5. The quantitative estimate of drug-likeness (QED) is 0.602. The van der Waals surface area contributed by atoms with Crippen LogP contribution in [-0.4, -0.2) is 41.1 Å². The molecule has 0 aliphatic heterocycles. The number of anilines is 2. The summed E-state index contributed by atoms with van der Waals surface area (Å²) in [6.45, 7) is 9.55. The van der Waals surface area contributed by atoms with E-state index in [0.29, 0.717) is 23.0 Å². The first-order chi connectivity index (χ1) is 14.6. The smallest absolute Gasteiger partial charge is 0.233 e. The lowest BCUT2D eigenvalue weighted by Gasteiger charge is -2.18. The van der Waals surface area contributed by atoms with Crippen LogP contribution in [0, 0.1) is 5.41 Å². The van der Waals surface area contributed by atoms with E-state index in [9.17, 15) is 4.79 Å². The van der Waals surface area contributed by atoms with Crippen molar-refractivity contribution in [1.29, 1.82) is 0 Å². The highest BCUT2D eigenvalue weighted by atomic mass is 16.5. The van der Waals surface area contributed by atoms with Gasteiger partial charge in [-0.2, -0.15) is 9.97 Å². The Morgan fingerprint density at radius 1 is 1.00 bits per heavy atom.